The van der Waals surface area contributed by atoms with Crippen molar-refractivity contribution in [2.45, 2.75) is 27.3 Å². The Bertz CT molecular complexity index is 843. The van der Waals surface area contributed by atoms with E-state index in [4.69, 9.17) is 9.52 Å². The molecule has 1 N–H and O–H groups in total. The van der Waals surface area contributed by atoms with Crippen molar-refractivity contribution in [3.05, 3.63) is 52.7 Å². The summed E-state index contributed by atoms with van der Waals surface area (Å²) in [7, 11) is 0. The number of nitrogens with zero attached hydrogens (tertiary/aromatic N) is 2. The monoisotopic (exact) mass is 284 g/mol. The third kappa shape index (κ3) is 2.31. The number of hydrogen-bond donors (Lipinski definition) is 1. The molecule has 0 atom stereocenters. The molecule has 0 fully saturated rings. The van der Waals surface area contributed by atoms with Gasteiger partial charge in [-0.2, -0.15) is 0 Å². The maximum Gasteiger partial charge on any atom is 0.371 e. The predicted molar refractivity (Wildman–Crippen MR) is 78.7 cm³/mol. The van der Waals surface area contributed by atoms with Crippen LogP contribution >= 0.6 is 0 Å². The number of aryl methyl sites for hydroxylation is 3. The van der Waals surface area contributed by atoms with Gasteiger partial charge >= 0.3 is 5.97 Å². The van der Waals surface area contributed by atoms with Crippen molar-refractivity contribution in [3.8, 4) is 0 Å². The summed E-state index contributed by atoms with van der Waals surface area (Å²) in [6.45, 7) is 6.54. The number of hydrogen-bond acceptors (Lipinski definition) is 3. The van der Waals surface area contributed by atoms with E-state index in [0.717, 1.165) is 16.9 Å². The highest BCUT2D eigenvalue weighted by molar-refractivity contribution is 5.84. The summed E-state index contributed by atoms with van der Waals surface area (Å²) in [6, 6.07) is 7.34. The van der Waals surface area contributed by atoms with Gasteiger partial charge in [0.1, 0.15) is 11.6 Å². The zero-order valence-corrected chi connectivity index (χ0v) is 12.2. The molecule has 2 aromatic heterocycles. The summed E-state index contributed by atoms with van der Waals surface area (Å²) in [5.74, 6) is 0.385. The Morgan fingerprint density at radius 2 is 1.95 bits per heavy atom. The van der Waals surface area contributed by atoms with Gasteiger partial charge in [-0.3, -0.25) is 0 Å². The number of benzene rings is 1. The van der Waals surface area contributed by atoms with Crippen LogP contribution in [0.25, 0.3) is 11.0 Å². The first-order valence-corrected chi connectivity index (χ1v) is 6.72. The number of imidazole rings is 1. The predicted octanol–water partition coefficient (Wildman–Crippen LogP) is 3.30. The number of carboxylic acids is 1. The Balaban J connectivity index is 2.05. The van der Waals surface area contributed by atoms with Crippen molar-refractivity contribution in [3.63, 3.8) is 0 Å². The Labute approximate surface area is 121 Å². The minimum Gasteiger partial charge on any atom is -0.475 e. The summed E-state index contributed by atoms with van der Waals surface area (Å²) in [6.07, 6.45) is 0. The standard InChI is InChI=1S/C16H16N2O3/c1-9-6-13-14(7-10(9)2)18(11(3)17-13)8-12-4-5-15(21-12)16(19)20/h4-7H,8H2,1-3H3,(H,19,20). The number of aromatic carboxylic acids is 1. The second kappa shape index (κ2) is 4.77. The van der Waals surface area contributed by atoms with Crippen LogP contribution in [-0.2, 0) is 6.54 Å². The molecule has 0 bridgehead atoms. The minimum atomic E-state index is -1.06. The van der Waals surface area contributed by atoms with Crippen LogP contribution in [0.3, 0.4) is 0 Å². The lowest BCUT2D eigenvalue weighted by Gasteiger charge is -2.06. The molecule has 5 nitrogen and oxygen atoms in total. The summed E-state index contributed by atoms with van der Waals surface area (Å²) < 4.78 is 7.36. The Hall–Kier alpha value is -2.56. The van der Waals surface area contributed by atoms with Gasteiger partial charge in [0.05, 0.1) is 17.6 Å². The fourth-order valence-electron chi connectivity index (χ4n) is 2.43. The van der Waals surface area contributed by atoms with E-state index in [0.29, 0.717) is 12.3 Å². The molecule has 3 aromatic rings. The first-order chi connectivity index (χ1) is 9.95. The topological polar surface area (TPSA) is 68.3 Å². The maximum absolute atomic E-state index is 10.9. The lowest BCUT2D eigenvalue weighted by atomic mass is 10.1. The lowest BCUT2D eigenvalue weighted by Crippen LogP contribution is -2.01. The molecule has 0 aliphatic heterocycles. The maximum atomic E-state index is 10.9. The highest BCUT2D eigenvalue weighted by Crippen LogP contribution is 2.22. The first-order valence-electron chi connectivity index (χ1n) is 6.72. The summed E-state index contributed by atoms with van der Waals surface area (Å²) in [4.78, 5) is 15.4. The van der Waals surface area contributed by atoms with Crippen LogP contribution in [0.5, 0.6) is 0 Å². The number of rotatable bonds is 3. The largest absolute Gasteiger partial charge is 0.475 e. The smallest absolute Gasteiger partial charge is 0.371 e. The van der Waals surface area contributed by atoms with E-state index >= 15 is 0 Å². The molecule has 2 heterocycles. The van der Waals surface area contributed by atoms with Gasteiger partial charge in [-0.15, -0.1) is 0 Å². The molecule has 5 heteroatoms. The number of fused-ring (bicyclic) bond motifs is 1. The molecule has 0 saturated heterocycles. The molecule has 108 valence electrons. The van der Waals surface area contributed by atoms with Crippen molar-refractivity contribution in [1.29, 1.82) is 0 Å². The second-order valence-electron chi connectivity index (χ2n) is 5.24. The van der Waals surface area contributed by atoms with Gasteiger partial charge in [-0.05, 0) is 56.2 Å². The van der Waals surface area contributed by atoms with Gasteiger partial charge in [0.25, 0.3) is 0 Å². The quantitative estimate of drug-likeness (QED) is 0.801. The van der Waals surface area contributed by atoms with Gasteiger partial charge in [0, 0.05) is 0 Å². The van der Waals surface area contributed by atoms with Gasteiger partial charge in [0.2, 0.25) is 5.76 Å². The van der Waals surface area contributed by atoms with E-state index in [1.807, 2.05) is 11.5 Å². The Morgan fingerprint density at radius 1 is 1.24 bits per heavy atom. The molecular weight excluding hydrogens is 268 g/mol. The van der Waals surface area contributed by atoms with Gasteiger partial charge in [-0.1, -0.05) is 0 Å². The molecule has 3 rings (SSSR count). The first kappa shape index (κ1) is 13.4. The van der Waals surface area contributed by atoms with E-state index in [1.54, 1.807) is 6.07 Å². The molecule has 0 saturated carbocycles. The number of furan rings is 1. The lowest BCUT2D eigenvalue weighted by molar-refractivity contribution is 0.0660. The number of carboxylic acid groups (broad SMARTS) is 1. The molecule has 0 amide bonds. The van der Waals surface area contributed by atoms with Gasteiger partial charge in [-0.25, -0.2) is 9.78 Å². The van der Waals surface area contributed by atoms with Crippen molar-refractivity contribution >= 4 is 17.0 Å². The average molecular weight is 284 g/mol. The van der Waals surface area contributed by atoms with Crippen LogP contribution in [0.15, 0.2) is 28.7 Å². The van der Waals surface area contributed by atoms with Crippen molar-refractivity contribution in [2.24, 2.45) is 0 Å². The van der Waals surface area contributed by atoms with Crippen LogP contribution in [0.4, 0.5) is 0 Å². The van der Waals surface area contributed by atoms with Crippen LogP contribution < -0.4 is 0 Å². The van der Waals surface area contributed by atoms with Crippen molar-refractivity contribution < 1.29 is 14.3 Å². The third-order valence-corrected chi connectivity index (χ3v) is 3.74. The van der Waals surface area contributed by atoms with E-state index < -0.39 is 5.97 Å². The fraction of sp³-hybridized carbons (Fsp3) is 0.250. The molecule has 0 aliphatic rings. The zero-order chi connectivity index (χ0) is 15.1. The highest BCUT2D eigenvalue weighted by atomic mass is 16.4. The summed E-state index contributed by atoms with van der Waals surface area (Å²) in [5, 5.41) is 8.90. The van der Waals surface area contributed by atoms with Gasteiger partial charge in [0.15, 0.2) is 0 Å². The fourth-order valence-corrected chi connectivity index (χ4v) is 2.43. The average Bonchev–Trinajstić information content (AvgIpc) is 2.98. The van der Waals surface area contributed by atoms with Crippen LogP contribution in [0.1, 0.15) is 33.3 Å². The van der Waals surface area contributed by atoms with Crippen LogP contribution in [0, 0.1) is 20.8 Å². The molecule has 0 spiro atoms. The molecule has 0 unspecified atom stereocenters. The molecular formula is C16H16N2O3. The van der Waals surface area contributed by atoms with Crippen LogP contribution in [0.2, 0.25) is 0 Å². The number of carbonyl (C=O) groups is 1. The van der Waals surface area contributed by atoms with E-state index in [1.165, 1.54) is 17.2 Å². The zero-order valence-electron chi connectivity index (χ0n) is 12.2. The molecule has 0 radical (unpaired) electrons. The number of aromatic nitrogens is 2. The minimum absolute atomic E-state index is 0.0425. The SMILES string of the molecule is Cc1cc2nc(C)n(Cc3ccc(C(=O)O)o3)c2cc1C. The van der Waals surface area contributed by atoms with E-state index in [-0.39, 0.29) is 5.76 Å². The Morgan fingerprint density at radius 3 is 2.62 bits per heavy atom. The van der Waals surface area contributed by atoms with Crippen LogP contribution in [-0.4, -0.2) is 20.6 Å². The van der Waals surface area contributed by atoms with Gasteiger partial charge < -0.3 is 14.1 Å². The highest BCUT2D eigenvalue weighted by Gasteiger charge is 2.13. The summed E-state index contributed by atoms with van der Waals surface area (Å²) >= 11 is 0. The third-order valence-electron chi connectivity index (χ3n) is 3.74. The van der Waals surface area contributed by atoms with Crippen molar-refractivity contribution in [1.82, 2.24) is 9.55 Å². The molecule has 0 aliphatic carbocycles. The van der Waals surface area contributed by atoms with E-state index in [9.17, 15) is 4.79 Å². The second-order valence-corrected chi connectivity index (χ2v) is 5.24. The van der Waals surface area contributed by atoms with Crippen molar-refractivity contribution in [2.75, 3.05) is 0 Å². The molecule has 21 heavy (non-hydrogen) atoms. The molecule has 1 aromatic carbocycles. The van der Waals surface area contributed by atoms with E-state index in [2.05, 4.69) is 31.0 Å². The summed E-state index contributed by atoms with van der Waals surface area (Å²) in [5.41, 5.74) is 4.39. The Kier molecular flexibility index (Phi) is 3.05. The normalized spacial score (nSPS) is 11.2.